The van der Waals surface area contributed by atoms with Crippen LogP contribution in [0.5, 0.6) is 0 Å². The molecule has 110 valence electrons. The standard InChI is InChI=1S/C19H23NO/c1-4-20(5-2)19(21)18-9-7-6-8-17(18)14-16-12-10-15(3)11-13-16/h6-13H,4-5,14H2,1-3H3. The molecule has 21 heavy (non-hydrogen) atoms. The zero-order valence-corrected chi connectivity index (χ0v) is 13.1. The third-order valence-corrected chi connectivity index (χ3v) is 3.81. The molecule has 2 rings (SSSR count). The summed E-state index contributed by atoms with van der Waals surface area (Å²) < 4.78 is 0. The van der Waals surface area contributed by atoms with Crippen LogP contribution in [0, 0.1) is 6.92 Å². The first kappa shape index (κ1) is 15.3. The van der Waals surface area contributed by atoms with Crippen LogP contribution in [0.25, 0.3) is 0 Å². The predicted octanol–water partition coefficient (Wildman–Crippen LogP) is 4.07. The van der Waals surface area contributed by atoms with E-state index in [1.807, 2.05) is 36.9 Å². The van der Waals surface area contributed by atoms with Crippen molar-refractivity contribution in [2.45, 2.75) is 27.2 Å². The van der Waals surface area contributed by atoms with Crippen LogP contribution >= 0.6 is 0 Å². The van der Waals surface area contributed by atoms with E-state index in [2.05, 4.69) is 37.3 Å². The van der Waals surface area contributed by atoms with Crippen LogP contribution in [-0.2, 0) is 6.42 Å². The molecule has 2 nitrogen and oxygen atoms in total. The fourth-order valence-corrected chi connectivity index (χ4v) is 2.49. The summed E-state index contributed by atoms with van der Waals surface area (Å²) in [6, 6.07) is 16.4. The van der Waals surface area contributed by atoms with Gasteiger partial charge in [-0.3, -0.25) is 4.79 Å². The van der Waals surface area contributed by atoms with E-state index in [1.165, 1.54) is 11.1 Å². The molecule has 2 heteroatoms. The summed E-state index contributed by atoms with van der Waals surface area (Å²) in [6.45, 7) is 7.61. The van der Waals surface area contributed by atoms with Crippen LogP contribution in [0.2, 0.25) is 0 Å². The van der Waals surface area contributed by atoms with Crippen LogP contribution in [0.4, 0.5) is 0 Å². The third-order valence-electron chi connectivity index (χ3n) is 3.81. The highest BCUT2D eigenvalue weighted by molar-refractivity contribution is 5.95. The van der Waals surface area contributed by atoms with Crippen molar-refractivity contribution in [2.24, 2.45) is 0 Å². The number of aryl methyl sites for hydroxylation is 1. The Kier molecular flexibility index (Phi) is 5.15. The Morgan fingerprint density at radius 1 is 0.952 bits per heavy atom. The second kappa shape index (κ2) is 7.07. The maximum absolute atomic E-state index is 12.6. The normalized spacial score (nSPS) is 10.4. The Hall–Kier alpha value is -2.09. The lowest BCUT2D eigenvalue weighted by molar-refractivity contribution is 0.0772. The topological polar surface area (TPSA) is 20.3 Å². The molecule has 0 spiro atoms. The van der Waals surface area contributed by atoms with E-state index < -0.39 is 0 Å². The van der Waals surface area contributed by atoms with Crippen LogP contribution in [0.15, 0.2) is 48.5 Å². The lowest BCUT2D eigenvalue weighted by Crippen LogP contribution is -2.31. The SMILES string of the molecule is CCN(CC)C(=O)c1ccccc1Cc1ccc(C)cc1. The average Bonchev–Trinajstić information content (AvgIpc) is 2.51. The molecule has 0 saturated carbocycles. The van der Waals surface area contributed by atoms with Crippen LogP contribution in [0.3, 0.4) is 0 Å². The third kappa shape index (κ3) is 3.72. The summed E-state index contributed by atoms with van der Waals surface area (Å²) in [5.41, 5.74) is 4.41. The van der Waals surface area contributed by atoms with Crippen LogP contribution in [0.1, 0.15) is 40.9 Å². The summed E-state index contributed by atoms with van der Waals surface area (Å²) >= 11 is 0. The van der Waals surface area contributed by atoms with Gasteiger partial charge in [0, 0.05) is 18.7 Å². The summed E-state index contributed by atoms with van der Waals surface area (Å²) in [5.74, 6) is 0.128. The van der Waals surface area contributed by atoms with Crippen molar-refractivity contribution in [3.8, 4) is 0 Å². The molecule has 0 N–H and O–H groups in total. The molecule has 0 aromatic heterocycles. The molecule has 2 aromatic rings. The summed E-state index contributed by atoms with van der Waals surface area (Å²) in [6.07, 6.45) is 0.795. The van der Waals surface area contributed by atoms with E-state index in [4.69, 9.17) is 0 Å². The molecule has 0 aliphatic carbocycles. The minimum Gasteiger partial charge on any atom is -0.339 e. The van der Waals surface area contributed by atoms with Gasteiger partial charge in [0.1, 0.15) is 0 Å². The van der Waals surface area contributed by atoms with Gasteiger partial charge in [-0.05, 0) is 44.4 Å². The lowest BCUT2D eigenvalue weighted by atomic mass is 9.98. The van der Waals surface area contributed by atoms with Gasteiger partial charge in [0.2, 0.25) is 0 Å². The Morgan fingerprint density at radius 2 is 1.57 bits per heavy atom. The van der Waals surface area contributed by atoms with Gasteiger partial charge in [0.25, 0.3) is 5.91 Å². The van der Waals surface area contributed by atoms with Crippen molar-refractivity contribution < 1.29 is 4.79 Å². The van der Waals surface area contributed by atoms with Gasteiger partial charge in [0.05, 0.1) is 0 Å². The van der Waals surface area contributed by atoms with Gasteiger partial charge < -0.3 is 4.90 Å². The first-order valence-electron chi connectivity index (χ1n) is 7.58. The van der Waals surface area contributed by atoms with Crippen molar-refractivity contribution in [3.63, 3.8) is 0 Å². The molecule has 0 aliphatic heterocycles. The van der Waals surface area contributed by atoms with Crippen molar-refractivity contribution in [1.82, 2.24) is 4.90 Å². The van der Waals surface area contributed by atoms with Gasteiger partial charge in [-0.15, -0.1) is 0 Å². The zero-order valence-electron chi connectivity index (χ0n) is 13.1. The number of hydrogen-bond acceptors (Lipinski definition) is 1. The van der Waals surface area contributed by atoms with E-state index in [1.54, 1.807) is 0 Å². The Morgan fingerprint density at radius 3 is 2.19 bits per heavy atom. The first-order valence-corrected chi connectivity index (χ1v) is 7.58. The van der Waals surface area contributed by atoms with E-state index in [0.29, 0.717) is 0 Å². The Labute approximate surface area is 127 Å². The molecule has 0 unspecified atom stereocenters. The van der Waals surface area contributed by atoms with Crippen molar-refractivity contribution in [3.05, 3.63) is 70.8 Å². The number of nitrogens with zero attached hydrogens (tertiary/aromatic N) is 1. The summed E-state index contributed by atoms with van der Waals surface area (Å²) in [7, 11) is 0. The minimum absolute atomic E-state index is 0.128. The first-order chi connectivity index (χ1) is 10.2. The monoisotopic (exact) mass is 281 g/mol. The highest BCUT2D eigenvalue weighted by atomic mass is 16.2. The quantitative estimate of drug-likeness (QED) is 0.809. The van der Waals surface area contributed by atoms with Gasteiger partial charge in [0.15, 0.2) is 0 Å². The molecule has 0 atom stereocenters. The smallest absolute Gasteiger partial charge is 0.254 e. The second-order valence-corrected chi connectivity index (χ2v) is 5.30. The van der Waals surface area contributed by atoms with Gasteiger partial charge in [-0.25, -0.2) is 0 Å². The fourth-order valence-electron chi connectivity index (χ4n) is 2.49. The highest BCUT2D eigenvalue weighted by Crippen LogP contribution is 2.17. The van der Waals surface area contributed by atoms with Gasteiger partial charge in [-0.1, -0.05) is 48.0 Å². The molecule has 0 saturated heterocycles. The van der Waals surface area contributed by atoms with Crippen molar-refractivity contribution >= 4 is 5.91 Å². The van der Waals surface area contributed by atoms with Crippen LogP contribution in [-0.4, -0.2) is 23.9 Å². The molecule has 0 heterocycles. The molecule has 0 fully saturated rings. The fraction of sp³-hybridized carbons (Fsp3) is 0.316. The maximum Gasteiger partial charge on any atom is 0.254 e. The van der Waals surface area contributed by atoms with E-state index in [9.17, 15) is 4.79 Å². The number of hydrogen-bond donors (Lipinski definition) is 0. The second-order valence-electron chi connectivity index (χ2n) is 5.30. The van der Waals surface area contributed by atoms with Crippen molar-refractivity contribution in [2.75, 3.05) is 13.1 Å². The average molecular weight is 281 g/mol. The molecule has 1 amide bonds. The number of carbonyl (C=O) groups excluding carboxylic acids is 1. The van der Waals surface area contributed by atoms with Gasteiger partial charge >= 0.3 is 0 Å². The highest BCUT2D eigenvalue weighted by Gasteiger charge is 2.15. The zero-order chi connectivity index (χ0) is 15.2. The number of benzene rings is 2. The van der Waals surface area contributed by atoms with Gasteiger partial charge in [-0.2, -0.15) is 0 Å². The van der Waals surface area contributed by atoms with E-state index in [0.717, 1.165) is 30.6 Å². The molecule has 0 radical (unpaired) electrons. The largest absolute Gasteiger partial charge is 0.339 e. The number of carbonyl (C=O) groups is 1. The Balaban J connectivity index is 2.28. The van der Waals surface area contributed by atoms with E-state index in [-0.39, 0.29) is 5.91 Å². The number of amides is 1. The van der Waals surface area contributed by atoms with Crippen LogP contribution < -0.4 is 0 Å². The Bertz CT molecular complexity index is 597. The minimum atomic E-state index is 0.128. The number of rotatable bonds is 5. The maximum atomic E-state index is 12.6. The lowest BCUT2D eigenvalue weighted by Gasteiger charge is -2.20. The molecule has 2 aromatic carbocycles. The van der Waals surface area contributed by atoms with Crippen molar-refractivity contribution in [1.29, 1.82) is 0 Å². The molecular formula is C19H23NO. The summed E-state index contributed by atoms with van der Waals surface area (Å²) in [4.78, 5) is 14.5. The molecular weight excluding hydrogens is 258 g/mol. The predicted molar refractivity (Wildman–Crippen MR) is 87.7 cm³/mol. The summed E-state index contributed by atoms with van der Waals surface area (Å²) in [5, 5.41) is 0. The molecule has 0 bridgehead atoms. The molecule has 0 aliphatic rings. The van der Waals surface area contributed by atoms with E-state index >= 15 is 0 Å².